The first-order valence-electron chi connectivity index (χ1n) is 5.96. The molecule has 98 valence electrons. The summed E-state index contributed by atoms with van der Waals surface area (Å²) >= 11 is 4.16. The number of non-ortho nitro benzene ring substituents is 1. The molecule has 0 amide bonds. The Morgan fingerprint density at radius 1 is 1.50 bits per heavy atom. The van der Waals surface area contributed by atoms with Gasteiger partial charge in [0.2, 0.25) is 0 Å². The number of nitro benzene ring substituents is 1. The van der Waals surface area contributed by atoms with Gasteiger partial charge in [-0.1, -0.05) is 6.42 Å². The molecule has 1 heterocycles. The number of hydrogen-bond donors (Lipinski definition) is 1. The van der Waals surface area contributed by atoms with E-state index >= 15 is 0 Å². The number of nitro groups is 1. The van der Waals surface area contributed by atoms with Crippen LogP contribution < -0.4 is 5.32 Å². The Morgan fingerprint density at radius 3 is 2.94 bits per heavy atom. The van der Waals surface area contributed by atoms with Crippen molar-refractivity contribution in [2.45, 2.75) is 24.5 Å². The largest absolute Gasteiger partial charge is 0.383 e. The second-order valence-electron chi connectivity index (χ2n) is 4.29. The molecular formula is C12H15IN2O2S. The van der Waals surface area contributed by atoms with E-state index < -0.39 is 0 Å². The minimum absolute atomic E-state index is 0.150. The van der Waals surface area contributed by atoms with Crippen LogP contribution >= 0.6 is 34.4 Å². The van der Waals surface area contributed by atoms with Gasteiger partial charge in [-0.15, -0.1) is 0 Å². The van der Waals surface area contributed by atoms with Crippen LogP contribution in [0.2, 0.25) is 0 Å². The highest BCUT2D eigenvalue weighted by Crippen LogP contribution is 2.27. The molecule has 1 atom stereocenters. The lowest BCUT2D eigenvalue weighted by molar-refractivity contribution is -0.384. The average Bonchev–Trinajstić information content (AvgIpc) is 2.38. The molecule has 0 spiro atoms. The van der Waals surface area contributed by atoms with E-state index in [1.807, 2.05) is 11.8 Å². The van der Waals surface area contributed by atoms with Crippen LogP contribution in [-0.2, 0) is 0 Å². The summed E-state index contributed by atoms with van der Waals surface area (Å²) in [5.74, 6) is 1.25. The van der Waals surface area contributed by atoms with Crippen LogP contribution in [0.1, 0.15) is 19.3 Å². The highest BCUT2D eigenvalue weighted by atomic mass is 127. The van der Waals surface area contributed by atoms with Crippen molar-refractivity contribution >= 4 is 45.7 Å². The summed E-state index contributed by atoms with van der Waals surface area (Å²) in [4.78, 5) is 10.3. The lowest BCUT2D eigenvalue weighted by Crippen LogP contribution is -2.20. The molecule has 1 N–H and O–H groups in total. The zero-order chi connectivity index (χ0) is 13.0. The van der Waals surface area contributed by atoms with Crippen LogP contribution in [0.15, 0.2) is 18.2 Å². The molecule has 1 saturated heterocycles. The number of benzene rings is 1. The van der Waals surface area contributed by atoms with Crippen molar-refractivity contribution in [2.75, 3.05) is 17.6 Å². The van der Waals surface area contributed by atoms with Gasteiger partial charge in [-0.2, -0.15) is 11.8 Å². The van der Waals surface area contributed by atoms with Crippen LogP contribution in [0.25, 0.3) is 0 Å². The Hall–Kier alpha value is -0.500. The summed E-state index contributed by atoms with van der Waals surface area (Å²) in [6.45, 7) is 0.943. The molecule has 1 fully saturated rings. The first-order chi connectivity index (χ1) is 8.66. The number of thioether (sulfide) groups is 1. The van der Waals surface area contributed by atoms with Crippen molar-refractivity contribution in [1.29, 1.82) is 0 Å². The topological polar surface area (TPSA) is 55.2 Å². The predicted octanol–water partition coefficient (Wildman–Crippen LogP) is 3.90. The molecule has 0 aromatic heterocycles. The molecule has 0 radical (unpaired) electrons. The molecule has 1 unspecified atom stereocenters. The van der Waals surface area contributed by atoms with E-state index in [4.69, 9.17) is 0 Å². The summed E-state index contributed by atoms with van der Waals surface area (Å²) in [5, 5.41) is 14.7. The molecule has 0 aliphatic carbocycles. The van der Waals surface area contributed by atoms with E-state index in [-0.39, 0.29) is 10.6 Å². The third-order valence-corrected chi connectivity index (χ3v) is 5.25. The summed E-state index contributed by atoms with van der Waals surface area (Å²) in [7, 11) is 0. The van der Waals surface area contributed by atoms with Gasteiger partial charge in [-0.3, -0.25) is 10.1 Å². The minimum atomic E-state index is -0.358. The lowest BCUT2D eigenvalue weighted by atomic mass is 10.2. The number of anilines is 1. The molecule has 0 saturated carbocycles. The van der Waals surface area contributed by atoms with Gasteiger partial charge in [0.15, 0.2) is 0 Å². The highest BCUT2D eigenvalue weighted by molar-refractivity contribution is 14.1. The quantitative estimate of drug-likeness (QED) is 0.491. The van der Waals surface area contributed by atoms with Gasteiger partial charge in [0.05, 0.1) is 4.92 Å². The minimum Gasteiger partial charge on any atom is -0.383 e. The second kappa shape index (κ2) is 6.60. The third-order valence-electron chi connectivity index (χ3n) is 2.96. The van der Waals surface area contributed by atoms with Gasteiger partial charge in [-0.05, 0) is 47.3 Å². The fourth-order valence-corrected chi connectivity index (χ4v) is 3.88. The van der Waals surface area contributed by atoms with E-state index in [9.17, 15) is 10.1 Å². The maximum atomic E-state index is 10.6. The standard InChI is InChI=1S/C12H15IN2O2S/c13-11-7-9(15(16)17)4-5-12(11)14-8-10-3-1-2-6-18-10/h4-5,7,10,14H,1-3,6,8H2. The summed E-state index contributed by atoms with van der Waals surface area (Å²) in [6.07, 6.45) is 3.91. The van der Waals surface area contributed by atoms with Gasteiger partial charge >= 0.3 is 0 Å². The van der Waals surface area contributed by atoms with Crippen LogP contribution in [0.4, 0.5) is 11.4 Å². The molecule has 1 aliphatic rings. The van der Waals surface area contributed by atoms with Crippen molar-refractivity contribution in [1.82, 2.24) is 0 Å². The fraction of sp³-hybridized carbons (Fsp3) is 0.500. The van der Waals surface area contributed by atoms with Crippen LogP contribution in [0, 0.1) is 13.7 Å². The molecule has 2 rings (SSSR count). The number of hydrogen-bond acceptors (Lipinski definition) is 4. The maximum Gasteiger partial charge on any atom is 0.270 e. The van der Waals surface area contributed by atoms with E-state index in [2.05, 4.69) is 27.9 Å². The van der Waals surface area contributed by atoms with Gasteiger partial charge in [0.25, 0.3) is 5.69 Å². The van der Waals surface area contributed by atoms with Gasteiger partial charge in [-0.25, -0.2) is 0 Å². The Bertz CT molecular complexity index is 436. The molecule has 4 nitrogen and oxygen atoms in total. The molecule has 6 heteroatoms. The smallest absolute Gasteiger partial charge is 0.270 e. The summed E-state index contributed by atoms with van der Waals surface area (Å²) in [5.41, 5.74) is 1.14. The molecule has 18 heavy (non-hydrogen) atoms. The Morgan fingerprint density at radius 2 is 2.33 bits per heavy atom. The van der Waals surface area contributed by atoms with E-state index in [1.165, 1.54) is 25.0 Å². The Labute approximate surface area is 124 Å². The average molecular weight is 378 g/mol. The predicted molar refractivity (Wildman–Crippen MR) is 84.4 cm³/mol. The summed E-state index contributed by atoms with van der Waals surface area (Å²) < 4.78 is 0.905. The van der Waals surface area contributed by atoms with Crippen molar-refractivity contribution in [3.63, 3.8) is 0 Å². The first kappa shape index (κ1) is 13.9. The number of nitrogens with one attached hydrogen (secondary N) is 1. The van der Waals surface area contributed by atoms with Crippen molar-refractivity contribution < 1.29 is 4.92 Å². The van der Waals surface area contributed by atoms with Gasteiger partial charge < -0.3 is 5.32 Å². The summed E-state index contributed by atoms with van der Waals surface area (Å²) in [6, 6.07) is 4.96. The van der Waals surface area contributed by atoms with E-state index in [0.29, 0.717) is 5.25 Å². The first-order valence-corrected chi connectivity index (χ1v) is 8.09. The third kappa shape index (κ3) is 3.74. The molecule has 1 aliphatic heterocycles. The lowest BCUT2D eigenvalue weighted by Gasteiger charge is -2.22. The Kier molecular flexibility index (Phi) is 5.11. The van der Waals surface area contributed by atoms with Gasteiger partial charge in [0, 0.05) is 33.2 Å². The van der Waals surface area contributed by atoms with Crippen molar-refractivity contribution in [2.24, 2.45) is 0 Å². The van der Waals surface area contributed by atoms with Crippen molar-refractivity contribution in [3.8, 4) is 0 Å². The number of nitrogens with zero attached hydrogens (tertiary/aromatic N) is 1. The SMILES string of the molecule is O=[N+]([O-])c1ccc(NCC2CCCCS2)c(I)c1. The van der Waals surface area contributed by atoms with E-state index in [0.717, 1.165) is 15.8 Å². The fourth-order valence-electron chi connectivity index (χ4n) is 1.95. The van der Waals surface area contributed by atoms with Crippen LogP contribution in [-0.4, -0.2) is 22.5 Å². The Balaban J connectivity index is 1.94. The number of halogens is 1. The van der Waals surface area contributed by atoms with Crippen LogP contribution in [0.3, 0.4) is 0 Å². The maximum absolute atomic E-state index is 10.6. The van der Waals surface area contributed by atoms with Gasteiger partial charge in [0.1, 0.15) is 0 Å². The van der Waals surface area contributed by atoms with E-state index in [1.54, 1.807) is 18.2 Å². The zero-order valence-electron chi connectivity index (χ0n) is 9.89. The number of rotatable bonds is 4. The van der Waals surface area contributed by atoms with Crippen molar-refractivity contribution in [3.05, 3.63) is 31.9 Å². The monoisotopic (exact) mass is 378 g/mol. The molecular weight excluding hydrogens is 363 g/mol. The molecule has 1 aromatic carbocycles. The second-order valence-corrected chi connectivity index (χ2v) is 6.86. The van der Waals surface area contributed by atoms with Crippen LogP contribution in [0.5, 0.6) is 0 Å². The normalized spacial score (nSPS) is 19.5. The molecule has 0 bridgehead atoms. The zero-order valence-corrected chi connectivity index (χ0v) is 12.9. The highest BCUT2D eigenvalue weighted by Gasteiger charge is 2.14. The molecule has 1 aromatic rings.